The van der Waals surface area contributed by atoms with Gasteiger partial charge in [0.05, 0.1) is 27.7 Å². The summed E-state index contributed by atoms with van der Waals surface area (Å²) in [5.41, 5.74) is 2.05. The number of hydrogen-bond donors (Lipinski definition) is 1. The molecule has 0 radical (unpaired) electrons. The van der Waals surface area contributed by atoms with Gasteiger partial charge in [0.1, 0.15) is 12.4 Å². The Morgan fingerprint density at radius 1 is 1.10 bits per heavy atom. The quantitative estimate of drug-likeness (QED) is 0.636. The Morgan fingerprint density at radius 3 is 2.45 bits per heavy atom. The number of nitrogens with zero attached hydrogens (tertiary/aromatic N) is 3. The lowest BCUT2D eigenvalue weighted by Crippen LogP contribution is -2.35. The van der Waals surface area contributed by atoms with Crippen LogP contribution < -0.4 is 5.32 Å². The molecule has 0 aliphatic heterocycles. The molecular formula is C22H25ClN4O2. The molecule has 0 saturated carbocycles. The van der Waals surface area contributed by atoms with E-state index in [1.165, 1.54) is 0 Å². The second-order valence-corrected chi connectivity index (χ2v) is 7.19. The minimum atomic E-state index is -0.407. The molecule has 0 fully saturated rings. The second kappa shape index (κ2) is 9.09. The predicted octanol–water partition coefficient (Wildman–Crippen LogP) is 4.05. The zero-order valence-electron chi connectivity index (χ0n) is 16.9. The molecular weight excluding hydrogens is 388 g/mol. The maximum atomic E-state index is 12.8. The summed E-state index contributed by atoms with van der Waals surface area (Å²) in [5.74, 6) is 0.368. The number of para-hydroxylation sites is 2. The summed E-state index contributed by atoms with van der Waals surface area (Å²) < 4.78 is 1.88. The molecule has 0 bridgehead atoms. The highest BCUT2D eigenvalue weighted by atomic mass is 35.5. The fourth-order valence-electron chi connectivity index (χ4n) is 3.39. The number of nitrogens with one attached hydrogen (secondary N) is 1. The van der Waals surface area contributed by atoms with Gasteiger partial charge in [-0.1, -0.05) is 35.9 Å². The molecule has 0 aliphatic carbocycles. The first-order valence-electron chi connectivity index (χ1n) is 9.74. The summed E-state index contributed by atoms with van der Waals surface area (Å²) in [7, 11) is 0. The largest absolute Gasteiger partial charge is 0.342 e. The number of fused-ring (bicyclic) bond motifs is 1. The SMILES string of the molecule is CCN(CC)C(=O)Cn1c(C(C)NC(=O)c2ccccc2Cl)nc2ccccc21. The molecule has 1 heterocycles. The second-order valence-electron chi connectivity index (χ2n) is 6.79. The van der Waals surface area contributed by atoms with Crippen molar-refractivity contribution in [3.63, 3.8) is 0 Å². The minimum Gasteiger partial charge on any atom is -0.342 e. The van der Waals surface area contributed by atoms with E-state index in [9.17, 15) is 9.59 Å². The molecule has 3 rings (SSSR count). The first kappa shape index (κ1) is 20.9. The lowest BCUT2D eigenvalue weighted by molar-refractivity contribution is -0.131. The van der Waals surface area contributed by atoms with Gasteiger partial charge in [0.25, 0.3) is 5.91 Å². The van der Waals surface area contributed by atoms with E-state index in [0.717, 1.165) is 11.0 Å². The highest BCUT2D eigenvalue weighted by molar-refractivity contribution is 6.33. The molecule has 0 saturated heterocycles. The van der Waals surface area contributed by atoms with E-state index in [1.807, 2.05) is 49.6 Å². The minimum absolute atomic E-state index is 0.0176. The van der Waals surface area contributed by atoms with Crippen molar-refractivity contribution in [2.45, 2.75) is 33.4 Å². The van der Waals surface area contributed by atoms with Gasteiger partial charge < -0.3 is 14.8 Å². The first-order chi connectivity index (χ1) is 14.0. The number of likely N-dealkylation sites (N-methyl/N-ethyl adjacent to an activating group) is 1. The molecule has 1 aromatic heterocycles. The lowest BCUT2D eigenvalue weighted by atomic mass is 10.2. The van der Waals surface area contributed by atoms with E-state index in [-0.39, 0.29) is 18.4 Å². The van der Waals surface area contributed by atoms with Crippen LogP contribution in [-0.4, -0.2) is 39.4 Å². The molecule has 2 aromatic carbocycles. The molecule has 29 heavy (non-hydrogen) atoms. The third kappa shape index (κ3) is 4.43. The molecule has 3 aromatic rings. The maximum Gasteiger partial charge on any atom is 0.253 e. The highest BCUT2D eigenvalue weighted by Crippen LogP contribution is 2.22. The number of hydrogen-bond acceptors (Lipinski definition) is 3. The van der Waals surface area contributed by atoms with Crippen LogP contribution in [-0.2, 0) is 11.3 Å². The molecule has 0 spiro atoms. The number of carbonyl (C=O) groups excluding carboxylic acids is 2. The van der Waals surface area contributed by atoms with Gasteiger partial charge in [-0.25, -0.2) is 4.98 Å². The van der Waals surface area contributed by atoms with E-state index in [2.05, 4.69) is 5.32 Å². The molecule has 7 heteroatoms. The van der Waals surface area contributed by atoms with Gasteiger partial charge in [-0.2, -0.15) is 0 Å². The van der Waals surface area contributed by atoms with E-state index in [1.54, 1.807) is 29.2 Å². The van der Waals surface area contributed by atoms with Crippen molar-refractivity contribution in [1.82, 2.24) is 19.8 Å². The fraction of sp³-hybridized carbons (Fsp3) is 0.318. The Kier molecular flexibility index (Phi) is 6.54. The van der Waals surface area contributed by atoms with E-state index in [0.29, 0.717) is 29.5 Å². The van der Waals surface area contributed by atoms with E-state index < -0.39 is 6.04 Å². The highest BCUT2D eigenvalue weighted by Gasteiger charge is 2.22. The molecule has 1 N–H and O–H groups in total. The first-order valence-corrected chi connectivity index (χ1v) is 10.1. The van der Waals surface area contributed by atoms with Crippen LogP contribution in [0.3, 0.4) is 0 Å². The van der Waals surface area contributed by atoms with Gasteiger partial charge in [-0.05, 0) is 45.0 Å². The molecule has 0 aliphatic rings. The zero-order chi connectivity index (χ0) is 21.0. The van der Waals surface area contributed by atoms with Crippen LogP contribution in [0, 0.1) is 0 Å². The number of aromatic nitrogens is 2. The third-order valence-corrected chi connectivity index (χ3v) is 5.28. The summed E-state index contributed by atoms with van der Waals surface area (Å²) in [6.45, 7) is 7.24. The summed E-state index contributed by atoms with van der Waals surface area (Å²) in [6, 6.07) is 14.2. The molecule has 152 valence electrons. The van der Waals surface area contributed by atoms with E-state index in [4.69, 9.17) is 16.6 Å². The Labute approximate surface area is 175 Å². The van der Waals surface area contributed by atoms with Crippen LogP contribution in [0.2, 0.25) is 5.02 Å². The van der Waals surface area contributed by atoms with Crippen LogP contribution in [0.5, 0.6) is 0 Å². The number of rotatable bonds is 7. The maximum absolute atomic E-state index is 12.8. The average molecular weight is 413 g/mol. The van der Waals surface area contributed by atoms with Crippen LogP contribution in [0.25, 0.3) is 11.0 Å². The smallest absolute Gasteiger partial charge is 0.253 e. The Balaban J connectivity index is 1.92. The van der Waals surface area contributed by atoms with Crippen molar-refractivity contribution in [3.8, 4) is 0 Å². The standard InChI is InChI=1S/C22H25ClN4O2/c1-4-26(5-2)20(28)14-27-19-13-9-8-12-18(19)25-21(27)15(3)24-22(29)16-10-6-7-11-17(16)23/h6-13,15H,4-5,14H2,1-3H3,(H,24,29). The number of carbonyl (C=O) groups is 2. The van der Waals surface area contributed by atoms with Gasteiger partial charge in [0, 0.05) is 13.1 Å². The van der Waals surface area contributed by atoms with Gasteiger partial charge in [0.15, 0.2) is 0 Å². The normalized spacial score (nSPS) is 12.0. The van der Waals surface area contributed by atoms with Crippen LogP contribution in [0.1, 0.15) is 43.0 Å². The monoisotopic (exact) mass is 412 g/mol. The topological polar surface area (TPSA) is 67.2 Å². The lowest BCUT2D eigenvalue weighted by Gasteiger charge is -2.21. The van der Waals surface area contributed by atoms with Crippen LogP contribution >= 0.6 is 11.6 Å². The summed E-state index contributed by atoms with van der Waals surface area (Å²) in [4.78, 5) is 31.9. The van der Waals surface area contributed by atoms with E-state index >= 15 is 0 Å². The van der Waals surface area contributed by atoms with Crippen molar-refractivity contribution in [2.75, 3.05) is 13.1 Å². The Bertz CT molecular complexity index is 1030. The van der Waals surface area contributed by atoms with Gasteiger partial charge in [0.2, 0.25) is 5.91 Å². The molecule has 6 nitrogen and oxygen atoms in total. The molecule has 1 unspecified atom stereocenters. The van der Waals surface area contributed by atoms with Gasteiger partial charge >= 0.3 is 0 Å². The third-order valence-electron chi connectivity index (χ3n) is 4.95. The van der Waals surface area contributed by atoms with Gasteiger partial charge in [-0.15, -0.1) is 0 Å². The Hall–Kier alpha value is -2.86. The molecule has 2 amide bonds. The summed E-state index contributed by atoms with van der Waals surface area (Å²) >= 11 is 6.15. The molecule has 1 atom stereocenters. The average Bonchev–Trinajstić information content (AvgIpc) is 3.08. The summed E-state index contributed by atoms with van der Waals surface area (Å²) in [5, 5.41) is 3.34. The number of halogens is 1. The number of imidazole rings is 1. The fourth-order valence-corrected chi connectivity index (χ4v) is 3.61. The van der Waals surface area contributed by atoms with Crippen LogP contribution in [0.15, 0.2) is 48.5 Å². The van der Waals surface area contributed by atoms with Gasteiger partial charge in [-0.3, -0.25) is 9.59 Å². The van der Waals surface area contributed by atoms with Crippen molar-refractivity contribution in [3.05, 3.63) is 64.9 Å². The van der Waals surface area contributed by atoms with Crippen molar-refractivity contribution in [1.29, 1.82) is 0 Å². The zero-order valence-corrected chi connectivity index (χ0v) is 17.6. The van der Waals surface area contributed by atoms with Crippen molar-refractivity contribution < 1.29 is 9.59 Å². The number of amides is 2. The number of benzene rings is 2. The van der Waals surface area contributed by atoms with Crippen molar-refractivity contribution in [2.24, 2.45) is 0 Å². The summed E-state index contributed by atoms with van der Waals surface area (Å²) in [6.07, 6.45) is 0. The Morgan fingerprint density at radius 2 is 1.76 bits per heavy atom. The van der Waals surface area contributed by atoms with Crippen LogP contribution in [0.4, 0.5) is 0 Å². The predicted molar refractivity (Wildman–Crippen MR) is 115 cm³/mol. The van der Waals surface area contributed by atoms with Crippen molar-refractivity contribution >= 4 is 34.4 Å².